The Morgan fingerprint density at radius 1 is 1.22 bits per heavy atom. The highest BCUT2D eigenvalue weighted by Crippen LogP contribution is 2.35. The van der Waals surface area contributed by atoms with E-state index in [-0.39, 0.29) is 5.91 Å². The van der Waals surface area contributed by atoms with Crippen LogP contribution in [0.5, 0.6) is 0 Å². The van der Waals surface area contributed by atoms with Crippen molar-refractivity contribution in [3.05, 3.63) is 87.0 Å². The summed E-state index contributed by atoms with van der Waals surface area (Å²) in [5, 5.41) is 13.5. The second-order valence-electron chi connectivity index (χ2n) is 7.78. The molecule has 2 unspecified atom stereocenters. The van der Waals surface area contributed by atoms with Gasteiger partial charge < -0.3 is 5.32 Å². The van der Waals surface area contributed by atoms with Crippen LogP contribution in [0.15, 0.2) is 59.6 Å². The topological polar surface area (TPSA) is 65.8 Å². The van der Waals surface area contributed by atoms with E-state index in [0.717, 1.165) is 30.5 Å². The number of pyridine rings is 1. The van der Waals surface area contributed by atoms with Crippen molar-refractivity contribution in [2.24, 2.45) is 0 Å². The molecular weight excluding hydrogens is 461 g/mol. The number of rotatable bonds is 5. The van der Waals surface area contributed by atoms with Gasteiger partial charge in [0.2, 0.25) is 5.91 Å². The van der Waals surface area contributed by atoms with E-state index in [4.69, 9.17) is 28.2 Å². The first-order valence-electron chi connectivity index (χ1n) is 10.3. The number of halogens is 2. The number of hydrogen-bond donors (Lipinski definition) is 1. The Bertz CT molecular complexity index is 1190. The highest BCUT2D eigenvalue weighted by Gasteiger charge is 2.25. The predicted octanol–water partition coefficient (Wildman–Crippen LogP) is 6.65. The van der Waals surface area contributed by atoms with Gasteiger partial charge in [0.15, 0.2) is 0 Å². The van der Waals surface area contributed by atoms with Crippen molar-refractivity contribution in [3.63, 3.8) is 0 Å². The number of aromatic nitrogens is 1. The average molecular weight is 482 g/mol. The van der Waals surface area contributed by atoms with E-state index < -0.39 is 5.25 Å². The van der Waals surface area contributed by atoms with Gasteiger partial charge in [-0.1, -0.05) is 65.3 Å². The van der Waals surface area contributed by atoms with Crippen LogP contribution in [0.4, 0.5) is 5.69 Å². The lowest BCUT2D eigenvalue weighted by molar-refractivity contribution is -0.115. The van der Waals surface area contributed by atoms with Gasteiger partial charge in [-0.05, 0) is 67.5 Å². The van der Waals surface area contributed by atoms with E-state index in [2.05, 4.69) is 35.7 Å². The molecule has 1 aliphatic rings. The molecule has 32 heavy (non-hydrogen) atoms. The first kappa shape index (κ1) is 22.7. The number of nitrogens with zero attached hydrogens (tertiary/aromatic N) is 2. The van der Waals surface area contributed by atoms with E-state index >= 15 is 0 Å². The molecule has 4 rings (SSSR count). The van der Waals surface area contributed by atoms with E-state index in [9.17, 15) is 10.1 Å². The Kier molecular flexibility index (Phi) is 7.05. The van der Waals surface area contributed by atoms with E-state index in [0.29, 0.717) is 32.2 Å². The molecule has 1 amide bonds. The molecule has 1 heterocycles. The predicted molar refractivity (Wildman–Crippen MR) is 131 cm³/mol. The summed E-state index contributed by atoms with van der Waals surface area (Å²) < 4.78 is 0. The maximum Gasteiger partial charge on any atom is 0.237 e. The number of benzene rings is 2. The minimum absolute atomic E-state index is 0.216. The fraction of sp³-hybridized carbons (Fsp3) is 0.240. The molecule has 3 aromatic rings. The molecule has 0 aliphatic heterocycles. The third-order valence-corrected chi connectivity index (χ3v) is 7.24. The van der Waals surface area contributed by atoms with Gasteiger partial charge in [0, 0.05) is 10.7 Å². The van der Waals surface area contributed by atoms with Crippen LogP contribution in [0.2, 0.25) is 10.0 Å². The van der Waals surface area contributed by atoms with Crippen molar-refractivity contribution < 1.29 is 4.79 Å². The van der Waals surface area contributed by atoms with Crippen molar-refractivity contribution in [3.8, 4) is 6.07 Å². The lowest BCUT2D eigenvalue weighted by atomic mass is 9.82. The van der Waals surface area contributed by atoms with E-state index in [1.165, 1.54) is 17.3 Å². The van der Waals surface area contributed by atoms with Gasteiger partial charge in [-0.25, -0.2) is 4.98 Å². The maximum atomic E-state index is 12.7. The van der Waals surface area contributed by atoms with Crippen LogP contribution >= 0.6 is 35.0 Å². The molecule has 0 saturated carbocycles. The zero-order chi connectivity index (χ0) is 22.7. The Morgan fingerprint density at radius 2 is 2.00 bits per heavy atom. The number of thioether (sulfide) groups is 1. The van der Waals surface area contributed by atoms with Crippen molar-refractivity contribution >= 4 is 46.6 Å². The van der Waals surface area contributed by atoms with Crippen molar-refractivity contribution in [1.82, 2.24) is 4.98 Å². The maximum absolute atomic E-state index is 12.7. The highest BCUT2D eigenvalue weighted by atomic mass is 35.5. The molecule has 0 spiro atoms. The number of fused-ring (bicyclic) bond motifs is 1. The summed E-state index contributed by atoms with van der Waals surface area (Å²) in [5.74, 6) is 0.219. The number of amides is 1. The van der Waals surface area contributed by atoms with E-state index in [1.807, 2.05) is 12.1 Å². The molecule has 1 aromatic heterocycles. The second-order valence-corrected chi connectivity index (χ2v) is 9.96. The van der Waals surface area contributed by atoms with Crippen LogP contribution in [0.25, 0.3) is 0 Å². The third-order valence-electron chi connectivity index (χ3n) is 5.59. The van der Waals surface area contributed by atoms with Gasteiger partial charge in [0.1, 0.15) is 11.1 Å². The van der Waals surface area contributed by atoms with Crippen molar-refractivity contribution in [1.29, 1.82) is 5.26 Å². The monoisotopic (exact) mass is 481 g/mol. The summed E-state index contributed by atoms with van der Waals surface area (Å²) in [6.07, 6.45) is 2.75. The zero-order valence-electron chi connectivity index (χ0n) is 17.4. The largest absolute Gasteiger partial charge is 0.324 e. The second kappa shape index (κ2) is 9.95. The summed E-state index contributed by atoms with van der Waals surface area (Å²) >= 11 is 13.4. The Hall–Kier alpha value is -2.52. The summed E-state index contributed by atoms with van der Waals surface area (Å²) in [6.45, 7) is 1.79. The number of hydrogen-bond acceptors (Lipinski definition) is 4. The Balaban J connectivity index is 1.49. The molecule has 0 bridgehead atoms. The molecule has 2 atom stereocenters. The molecule has 162 valence electrons. The summed E-state index contributed by atoms with van der Waals surface area (Å²) in [7, 11) is 0. The minimum atomic E-state index is -0.458. The van der Waals surface area contributed by atoms with Crippen LogP contribution in [0.3, 0.4) is 0 Å². The lowest BCUT2D eigenvalue weighted by Crippen LogP contribution is -2.23. The summed E-state index contributed by atoms with van der Waals surface area (Å²) in [5.41, 5.74) is 4.47. The molecule has 0 radical (unpaired) electrons. The van der Waals surface area contributed by atoms with Gasteiger partial charge in [-0.3, -0.25) is 4.79 Å². The zero-order valence-corrected chi connectivity index (χ0v) is 19.8. The number of nitriles is 1. The van der Waals surface area contributed by atoms with Gasteiger partial charge in [-0.2, -0.15) is 5.26 Å². The van der Waals surface area contributed by atoms with Gasteiger partial charge >= 0.3 is 0 Å². The van der Waals surface area contributed by atoms with Gasteiger partial charge in [0.05, 0.1) is 21.5 Å². The number of nitrogens with one attached hydrogen (secondary N) is 1. The fourth-order valence-corrected chi connectivity index (χ4v) is 5.22. The van der Waals surface area contributed by atoms with Gasteiger partial charge in [-0.15, -0.1) is 0 Å². The van der Waals surface area contributed by atoms with Gasteiger partial charge in [0.25, 0.3) is 0 Å². The van der Waals surface area contributed by atoms with Crippen molar-refractivity contribution in [2.75, 3.05) is 5.32 Å². The first-order chi connectivity index (χ1) is 15.4. The van der Waals surface area contributed by atoms with Crippen LogP contribution in [-0.2, 0) is 17.6 Å². The quantitative estimate of drug-likeness (QED) is 0.414. The molecule has 0 saturated heterocycles. The number of anilines is 1. The highest BCUT2D eigenvalue weighted by molar-refractivity contribution is 8.00. The Morgan fingerprint density at radius 3 is 2.72 bits per heavy atom. The fourth-order valence-electron chi connectivity index (χ4n) is 3.87. The molecule has 1 aliphatic carbocycles. The molecule has 1 N–H and O–H groups in total. The van der Waals surface area contributed by atoms with Crippen LogP contribution in [-0.4, -0.2) is 16.1 Å². The number of aryl methyl sites for hydroxylation is 1. The molecule has 2 aromatic carbocycles. The van der Waals surface area contributed by atoms with Crippen LogP contribution in [0.1, 0.15) is 41.6 Å². The summed E-state index contributed by atoms with van der Waals surface area (Å²) in [6, 6.07) is 19.6. The SMILES string of the molecule is CC(Sc1nc2c(cc1C#N)CC(c1ccccc1)CC2)C(=O)Nc1ccc(Cl)cc1Cl. The molecular formula is C25H21Cl2N3OS. The smallest absolute Gasteiger partial charge is 0.237 e. The van der Waals surface area contributed by atoms with Crippen LogP contribution in [0, 0.1) is 11.3 Å². The van der Waals surface area contributed by atoms with E-state index in [1.54, 1.807) is 25.1 Å². The van der Waals surface area contributed by atoms with Crippen LogP contribution < -0.4 is 5.32 Å². The number of carbonyl (C=O) groups excluding carboxylic acids is 1. The minimum Gasteiger partial charge on any atom is -0.324 e. The third kappa shape index (κ3) is 5.10. The Labute approximate surface area is 202 Å². The first-order valence-corrected chi connectivity index (χ1v) is 12.0. The van der Waals surface area contributed by atoms with Crippen molar-refractivity contribution in [2.45, 2.75) is 42.4 Å². The number of carbonyl (C=O) groups is 1. The molecule has 0 fully saturated rings. The summed E-state index contributed by atoms with van der Waals surface area (Å²) in [4.78, 5) is 17.5. The average Bonchev–Trinajstić information content (AvgIpc) is 2.80. The lowest BCUT2D eigenvalue weighted by Gasteiger charge is -2.25. The normalized spacial score (nSPS) is 16.0. The molecule has 7 heteroatoms. The molecule has 4 nitrogen and oxygen atoms in total. The standard InChI is InChI=1S/C25H21Cl2N3OS/c1-15(24(31)29-23-10-8-20(26)13-21(23)27)32-25-19(14-28)12-18-11-17(7-9-22(18)30-25)16-5-3-2-4-6-16/h2-6,8,10,12-13,15,17H,7,9,11H2,1H3,(H,29,31).